The van der Waals surface area contributed by atoms with Crippen molar-refractivity contribution in [2.24, 2.45) is 0 Å². The first-order chi connectivity index (χ1) is 20.5. The van der Waals surface area contributed by atoms with Gasteiger partial charge in [-0.05, 0) is 91.0 Å². The van der Waals surface area contributed by atoms with Crippen molar-refractivity contribution in [3.63, 3.8) is 0 Å². The monoisotopic (exact) mass is 574 g/mol. The number of benzene rings is 6. The Labute approximate surface area is 256 Å². The van der Waals surface area contributed by atoms with Crippen LogP contribution in [-0.4, -0.2) is 0 Å². The highest BCUT2D eigenvalue weighted by atomic mass is 35.5. The molecular weight excluding hydrogens is 548 g/mol. The Kier molecular flexibility index (Phi) is 4.97. The molecule has 6 aromatic carbocycles. The van der Waals surface area contributed by atoms with E-state index in [1.165, 1.54) is 76.6 Å². The molecule has 0 aromatic heterocycles. The summed E-state index contributed by atoms with van der Waals surface area (Å²) in [5.41, 5.74) is 15.3. The summed E-state index contributed by atoms with van der Waals surface area (Å²) in [7, 11) is 0. The van der Waals surface area contributed by atoms with Gasteiger partial charge in [0.1, 0.15) is 0 Å². The smallest absolute Gasteiger partial charge is 0.0736 e. The Morgan fingerprint density at radius 3 is 1.71 bits per heavy atom. The summed E-state index contributed by atoms with van der Waals surface area (Å²) in [5.74, 6) is 0. The van der Waals surface area contributed by atoms with Crippen molar-refractivity contribution in [3.8, 4) is 33.4 Å². The highest BCUT2D eigenvalue weighted by molar-refractivity contribution is 7.99. The molecule has 0 N–H and O–H groups in total. The SMILES string of the molecule is CC1(C)c2ccccc2-c2cc(-c3cc(Cl)cc4c3Sc3ccccc3C43c4ccccc4-c4ccccc43)ccc21. The summed E-state index contributed by atoms with van der Waals surface area (Å²) < 4.78 is 0. The van der Waals surface area contributed by atoms with E-state index in [0.717, 1.165) is 5.02 Å². The fraction of sp³-hybridized carbons (Fsp3) is 0.100. The van der Waals surface area contributed by atoms with E-state index in [9.17, 15) is 0 Å². The molecule has 3 aliphatic rings. The van der Waals surface area contributed by atoms with E-state index in [-0.39, 0.29) is 5.41 Å². The first-order valence-electron chi connectivity index (χ1n) is 14.5. The topological polar surface area (TPSA) is 0 Å². The Hall–Kier alpha value is -4.04. The Morgan fingerprint density at radius 2 is 1.02 bits per heavy atom. The van der Waals surface area contributed by atoms with Crippen LogP contribution >= 0.6 is 23.4 Å². The number of halogens is 1. The van der Waals surface area contributed by atoms with Crippen molar-refractivity contribution in [2.75, 3.05) is 0 Å². The van der Waals surface area contributed by atoms with Crippen LogP contribution in [0.4, 0.5) is 0 Å². The summed E-state index contributed by atoms with van der Waals surface area (Å²) in [6, 6.07) is 47.2. The second-order valence-electron chi connectivity index (χ2n) is 12.2. The van der Waals surface area contributed by atoms with Gasteiger partial charge in [-0.1, -0.05) is 140 Å². The van der Waals surface area contributed by atoms with Crippen LogP contribution in [0.1, 0.15) is 47.2 Å². The molecule has 0 unspecified atom stereocenters. The number of fused-ring (bicyclic) bond motifs is 12. The van der Waals surface area contributed by atoms with Crippen LogP contribution in [0.5, 0.6) is 0 Å². The van der Waals surface area contributed by atoms with Crippen molar-refractivity contribution in [1.29, 1.82) is 0 Å². The molecule has 0 nitrogen and oxygen atoms in total. The molecular formula is C40H27ClS. The van der Waals surface area contributed by atoms with Crippen molar-refractivity contribution < 1.29 is 0 Å². The van der Waals surface area contributed by atoms with E-state index in [0.29, 0.717) is 0 Å². The van der Waals surface area contributed by atoms with Crippen LogP contribution in [0.2, 0.25) is 5.02 Å². The van der Waals surface area contributed by atoms with Gasteiger partial charge in [0, 0.05) is 20.2 Å². The summed E-state index contributed by atoms with van der Waals surface area (Å²) in [6.07, 6.45) is 0. The van der Waals surface area contributed by atoms with Crippen LogP contribution in [-0.2, 0) is 10.8 Å². The second-order valence-corrected chi connectivity index (χ2v) is 13.7. The third-order valence-electron chi connectivity index (χ3n) is 9.81. The molecule has 6 aromatic rings. The van der Waals surface area contributed by atoms with Crippen LogP contribution in [0, 0.1) is 0 Å². The quantitative estimate of drug-likeness (QED) is 0.188. The highest BCUT2D eigenvalue weighted by Gasteiger charge is 2.50. The summed E-state index contributed by atoms with van der Waals surface area (Å²) in [4.78, 5) is 2.59. The average Bonchev–Trinajstić information content (AvgIpc) is 3.44. The van der Waals surface area contributed by atoms with E-state index in [2.05, 4.69) is 141 Å². The van der Waals surface area contributed by atoms with Gasteiger partial charge in [-0.3, -0.25) is 0 Å². The van der Waals surface area contributed by atoms with Gasteiger partial charge in [-0.2, -0.15) is 0 Å². The minimum atomic E-state index is -0.435. The fourth-order valence-corrected chi connectivity index (χ4v) is 9.54. The number of hydrogen-bond donors (Lipinski definition) is 0. The van der Waals surface area contributed by atoms with Crippen LogP contribution in [0.3, 0.4) is 0 Å². The normalized spacial score (nSPS) is 15.8. The number of hydrogen-bond acceptors (Lipinski definition) is 1. The van der Waals surface area contributed by atoms with Crippen molar-refractivity contribution in [3.05, 3.63) is 166 Å². The molecule has 0 saturated carbocycles. The molecule has 0 amide bonds. The summed E-state index contributed by atoms with van der Waals surface area (Å²) in [5, 5.41) is 0.770. The average molecular weight is 575 g/mol. The largest absolute Gasteiger partial charge is 0.0887 e. The van der Waals surface area contributed by atoms with Gasteiger partial charge in [0.25, 0.3) is 0 Å². The van der Waals surface area contributed by atoms with Crippen LogP contribution in [0.15, 0.2) is 137 Å². The van der Waals surface area contributed by atoms with E-state index in [1.54, 1.807) is 0 Å². The molecule has 200 valence electrons. The molecule has 2 heteroatoms. The van der Waals surface area contributed by atoms with E-state index < -0.39 is 5.41 Å². The number of rotatable bonds is 1. The Morgan fingerprint density at radius 1 is 0.476 bits per heavy atom. The summed E-state index contributed by atoms with van der Waals surface area (Å²) in [6.45, 7) is 4.67. The van der Waals surface area contributed by atoms with Crippen LogP contribution in [0.25, 0.3) is 33.4 Å². The maximum absolute atomic E-state index is 7.11. The van der Waals surface area contributed by atoms with Gasteiger partial charge in [-0.25, -0.2) is 0 Å². The van der Waals surface area contributed by atoms with Crippen molar-refractivity contribution in [1.82, 2.24) is 0 Å². The lowest BCUT2D eigenvalue weighted by Crippen LogP contribution is -2.32. The molecule has 9 rings (SSSR count). The van der Waals surface area contributed by atoms with E-state index in [4.69, 9.17) is 11.6 Å². The molecule has 2 aliphatic carbocycles. The second kappa shape index (κ2) is 8.51. The van der Waals surface area contributed by atoms with Gasteiger partial charge in [0.2, 0.25) is 0 Å². The van der Waals surface area contributed by atoms with Crippen LogP contribution < -0.4 is 0 Å². The van der Waals surface area contributed by atoms with Gasteiger partial charge in [0.15, 0.2) is 0 Å². The molecule has 0 atom stereocenters. The zero-order valence-corrected chi connectivity index (χ0v) is 25.0. The molecule has 0 radical (unpaired) electrons. The molecule has 1 spiro atoms. The third-order valence-corrected chi connectivity index (χ3v) is 11.2. The zero-order valence-electron chi connectivity index (χ0n) is 23.4. The molecule has 0 bridgehead atoms. The molecule has 42 heavy (non-hydrogen) atoms. The first-order valence-corrected chi connectivity index (χ1v) is 15.7. The molecule has 0 saturated heterocycles. The van der Waals surface area contributed by atoms with E-state index in [1.807, 2.05) is 11.8 Å². The predicted molar refractivity (Wildman–Crippen MR) is 176 cm³/mol. The third kappa shape index (κ3) is 3.00. The van der Waals surface area contributed by atoms with Crippen molar-refractivity contribution in [2.45, 2.75) is 34.5 Å². The maximum Gasteiger partial charge on any atom is 0.0736 e. The fourth-order valence-electron chi connectivity index (χ4n) is 8.02. The van der Waals surface area contributed by atoms with Gasteiger partial charge in [0.05, 0.1) is 5.41 Å². The maximum atomic E-state index is 7.11. The lowest BCUT2D eigenvalue weighted by Gasteiger charge is -2.40. The van der Waals surface area contributed by atoms with Gasteiger partial charge >= 0.3 is 0 Å². The molecule has 1 heterocycles. The lowest BCUT2D eigenvalue weighted by atomic mass is 9.67. The first kappa shape index (κ1) is 24.5. The van der Waals surface area contributed by atoms with Gasteiger partial charge in [-0.15, -0.1) is 0 Å². The minimum Gasteiger partial charge on any atom is -0.0887 e. The zero-order chi connectivity index (χ0) is 28.2. The summed E-state index contributed by atoms with van der Waals surface area (Å²) >= 11 is 8.99. The minimum absolute atomic E-state index is 0.0206. The predicted octanol–water partition coefficient (Wildman–Crippen LogP) is 11.1. The lowest BCUT2D eigenvalue weighted by molar-refractivity contribution is 0.660. The van der Waals surface area contributed by atoms with E-state index >= 15 is 0 Å². The molecule has 0 fully saturated rings. The standard InChI is InChI=1S/C40H27ClS/c1-39(2)31-14-6-3-13-28(31)30-21-24(19-20-32(30)39)29-22-25(41)23-36-38(29)42-37-18-10-9-17-35(37)40(36)33-15-7-4-11-26(33)27-12-5-8-16-34(27)40/h3-23H,1-2H3. The Balaban J connectivity index is 1.37. The highest BCUT2D eigenvalue weighted by Crippen LogP contribution is 2.63. The Bertz CT molecular complexity index is 2070. The van der Waals surface area contributed by atoms with Crippen molar-refractivity contribution >= 4 is 23.4 Å². The molecule has 1 aliphatic heterocycles. The van der Waals surface area contributed by atoms with Gasteiger partial charge < -0.3 is 0 Å².